The fourth-order valence-electron chi connectivity index (χ4n) is 5.51. The fourth-order valence-corrected chi connectivity index (χ4v) is 5.51. The van der Waals surface area contributed by atoms with Crippen molar-refractivity contribution >= 4 is 6.21 Å². The summed E-state index contributed by atoms with van der Waals surface area (Å²) in [5.74, 6) is -0.218. The second kappa shape index (κ2) is 9.13. The molecule has 2 aromatic rings. The van der Waals surface area contributed by atoms with E-state index < -0.39 is 5.60 Å². The van der Waals surface area contributed by atoms with E-state index >= 15 is 0 Å². The summed E-state index contributed by atoms with van der Waals surface area (Å²) in [6.07, 6.45) is 8.90. The molecule has 2 aromatic carbocycles. The van der Waals surface area contributed by atoms with Crippen molar-refractivity contribution in [3.63, 3.8) is 0 Å². The van der Waals surface area contributed by atoms with Gasteiger partial charge in [0, 0.05) is 25.2 Å². The number of hydrogen-bond donors (Lipinski definition) is 2. The van der Waals surface area contributed by atoms with Crippen LogP contribution in [-0.2, 0) is 19.4 Å². The van der Waals surface area contributed by atoms with Gasteiger partial charge in [0.2, 0.25) is 0 Å². The van der Waals surface area contributed by atoms with Gasteiger partial charge in [-0.2, -0.15) is 0 Å². The minimum Gasteiger partial charge on any atom is -0.389 e. The third kappa shape index (κ3) is 4.22. The van der Waals surface area contributed by atoms with E-state index in [2.05, 4.69) is 30.1 Å². The molecule has 1 saturated carbocycles. The Balaban J connectivity index is 1.59. The molecule has 0 saturated heterocycles. The Hall–Kier alpha value is -2.56. The molecular weight excluding hydrogens is 399 g/mol. The van der Waals surface area contributed by atoms with Crippen LogP contribution in [0.5, 0.6) is 0 Å². The third-order valence-electron chi connectivity index (χ3n) is 7.59. The smallest absolute Gasteiger partial charge is 0.123 e. The lowest BCUT2D eigenvalue weighted by Crippen LogP contribution is -2.44. The van der Waals surface area contributed by atoms with Gasteiger partial charge >= 0.3 is 0 Å². The van der Waals surface area contributed by atoms with E-state index in [-0.39, 0.29) is 11.2 Å². The Bertz CT molecular complexity index is 1070. The van der Waals surface area contributed by atoms with Gasteiger partial charge < -0.3 is 10.8 Å². The molecular formula is C28H33FN2O. The lowest BCUT2D eigenvalue weighted by Gasteiger charge is -2.43. The van der Waals surface area contributed by atoms with Crippen molar-refractivity contribution < 1.29 is 9.50 Å². The molecule has 2 aliphatic carbocycles. The van der Waals surface area contributed by atoms with E-state index in [0.29, 0.717) is 13.0 Å². The molecule has 3 nitrogen and oxygen atoms in total. The molecule has 2 atom stereocenters. The van der Waals surface area contributed by atoms with E-state index in [1.54, 1.807) is 7.05 Å². The first-order valence-electron chi connectivity index (χ1n) is 11.5. The molecule has 0 amide bonds. The van der Waals surface area contributed by atoms with Crippen LogP contribution in [0, 0.1) is 11.2 Å². The third-order valence-corrected chi connectivity index (χ3v) is 7.59. The number of halogens is 1. The van der Waals surface area contributed by atoms with Crippen LogP contribution < -0.4 is 5.73 Å². The molecule has 4 heteroatoms. The maximum absolute atomic E-state index is 13.3. The highest BCUT2D eigenvalue weighted by atomic mass is 19.1. The number of nitrogens with two attached hydrogens (primary N) is 1. The predicted molar refractivity (Wildman–Crippen MR) is 129 cm³/mol. The standard InChI is InChI=1S/C28H33FN2O/c1-27-17-24(19-31-2)23(15-20-7-9-26(29)10-8-20)16-25(27)12-14-28(27,32)13-11-21-5-3-4-6-22(21)18-30/h3-10,16,19,32H,11-15,17-18,30H2,1-2H3/t27?,28-/m0/s1. The summed E-state index contributed by atoms with van der Waals surface area (Å²) < 4.78 is 13.3. The van der Waals surface area contributed by atoms with Gasteiger partial charge in [-0.05, 0) is 78.5 Å². The fraction of sp³-hybridized carbons (Fsp3) is 0.393. The van der Waals surface area contributed by atoms with Crippen LogP contribution in [0.2, 0.25) is 0 Å². The van der Waals surface area contributed by atoms with Gasteiger partial charge in [-0.1, -0.05) is 55.0 Å². The summed E-state index contributed by atoms with van der Waals surface area (Å²) in [7, 11) is 1.79. The normalized spacial score (nSPS) is 25.3. The zero-order valence-corrected chi connectivity index (χ0v) is 19.1. The van der Waals surface area contributed by atoms with E-state index in [4.69, 9.17) is 5.73 Å². The van der Waals surface area contributed by atoms with Gasteiger partial charge in [0.05, 0.1) is 5.60 Å². The number of nitrogens with zero attached hydrogens (tertiary/aromatic N) is 1. The maximum atomic E-state index is 13.3. The molecule has 168 valence electrons. The van der Waals surface area contributed by atoms with Crippen molar-refractivity contribution in [1.29, 1.82) is 0 Å². The van der Waals surface area contributed by atoms with Crippen LogP contribution in [0.3, 0.4) is 0 Å². The molecule has 0 aliphatic heterocycles. The lowest BCUT2D eigenvalue weighted by atomic mass is 9.64. The van der Waals surface area contributed by atoms with Gasteiger partial charge in [0.1, 0.15) is 5.82 Å². The first-order valence-corrected chi connectivity index (χ1v) is 11.5. The van der Waals surface area contributed by atoms with E-state index in [9.17, 15) is 9.50 Å². The number of benzene rings is 2. The van der Waals surface area contributed by atoms with E-state index in [0.717, 1.165) is 48.8 Å². The number of hydrogen-bond acceptors (Lipinski definition) is 3. The highest BCUT2D eigenvalue weighted by Gasteiger charge is 2.54. The number of aliphatic hydroxyl groups is 1. The van der Waals surface area contributed by atoms with Gasteiger partial charge in [-0.15, -0.1) is 0 Å². The predicted octanol–water partition coefficient (Wildman–Crippen LogP) is 5.32. The molecule has 3 N–H and O–H groups in total. The Labute approximate surface area is 190 Å². The second-order valence-electron chi connectivity index (χ2n) is 9.42. The molecule has 0 bridgehead atoms. The topological polar surface area (TPSA) is 58.6 Å². The van der Waals surface area contributed by atoms with Gasteiger partial charge in [-0.3, -0.25) is 4.99 Å². The van der Waals surface area contributed by atoms with Crippen molar-refractivity contribution in [2.45, 2.75) is 57.6 Å². The second-order valence-corrected chi connectivity index (χ2v) is 9.42. The molecule has 1 fully saturated rings. The molecule has 4 rings (SSSR count). The number of rotatable bonds is 7. The number of aliphatic imine (C=N–C) groups is 1. The van der Waals surface area contributed by atoms with Gasteiger partial charge in [-0.25, -0.2) is 4.39 Å². The molecule has 2 aliphatic rings. The number of allylic oxidation sites excluding steroid dienone is 3. The van der Waals surface area contributed by atoms with Gasteiger partial charge in [0.25, 0.3) is 0 Å². The van der Waals surface area contributed by atoms with Crippen LogP contribution in [0.15, 0.2) is 76.3 Å². The van der Waals surface area contributed by atoms with Crippen LogP contribution in [0.25, 0.3) is 0 Å². The lowest BCUT2D eigenvalue weighted by molar-refractivity contribution is -0.0459. The summed E-state index contributed by atoms with van der Waals surface area (Å²) in [6.45, 7) is 2.72. The highest BCUT2D eigenvalue weighted by molar-refractivity contribution is 5.82. The Morgan fingerprint density at radius 2 is 1.84 bits per heavy atom. The molecule has 0 spiro atoms. The summed E-state index contributed by atoms with van der Waals surface area (Å²) in [5.41, 5.74) is 12.0. The average Bonchev–Trinajstić information content (AvgIpc) is 3.05. The quantitative estimate of drug-likeness (QED) is 0.582. The SMILES string of the molecule is CN=CC1=C(Cc2ccc(F)cc2)C=C2CC[C@@](O)(CCc3ccccc3CN)C2(C)C1. The van der Waals surface area contributed by atoms with Crippen molar-refractivity contribution in [1.82, 2.24) is 0 Å². The summed E-state index contributed by atoms with van der Waals surface area (Å²) in [6, 6.07) is 15.0. The zero-order valence-electron chi connectivity index (χ0n) is 19.1. The highest BCUT2D eigenvalue weighted by Crippen LogP contribution is 2.57. The Morgan fingerprint density at radius 1 is 1.12 bits per heavy atom. The minimum atomic E-state index is -0.769. The van der Waals surface area contributed by atoms with E-state index in [1.165, 1.54) is 28.8 Å². The van der Waals surface area contributed by atoms with Crippen LogP contribution in [-0.4, -0.2) is 24.0 Å². The van der Waals surface area contributed by atoms with Gasteiger partial charge in [0.15, 0.2) is 0 Å². The minimum absolute atomic E-state index is 0.218. The van der Waals surface area contributed by atoms with Crippen molar-refractivity contribution in [3.8, 4) is 0 Å². The maximum Gasteiger partial charge on any atom is 0.123 e. The largest absolute Gasteiger partial charge is 0.389 e. The van der Waals surface area contributed by atoms with Crippen molar-refractivity contribution in [3.05, 3.63) is 93.8 Å². The summed E-state index contributed by atoms with van der Waals surface area (Å²) in [5, 5.41) is 11.9. The van der Waals surface area contributed by atoms with Crippen LogP contribution >= 0.6 is 0 Å². The first kappa shape index (κ1) is 22.6. The molecule has 0 heterocycles. The van der Waals surface area contributed by atoms with Crippen molar-refractivity contribution in [2.24, 2.45) is 16.1 Å². The molecule has 1 unspecified atom stereocenters. The Kier molecular flexibility index (Phi) is 6.45. The van der Waals surface area contributed by atoms with Crippen LogP contribution in [0.1, 0.15) is 49.3 Å². The first-order chi connectivity index (χ1) is 15.4. The molecule has 0 aromatic heterocycles. The number of fused-ring (bicyclic) bond motifs is 1. The van der Waals surface area contributed by atoms with Crippen molar-refractivity contribution in [2.75, 3.05) is 7.05 Å². The molecule has 32 heavy (non-hydrogen) atoms. The summed E-state index contributed by atoms with van der Waals surface area (Å²) in [4.78, 5) is 4.31. The van der Waals surface area contributed by atoms with E-state index in [1.807, 2.05) is 30.5 Å². The zero-order chi connectivity index (χ0) is 22.8. The average molecular weight is 433 g/mol. The van der Waals surface area contributed by atoms with Crippen LogP contribution in [0.4, 0.5) is 4.39 Å². The monoisotopic (exact) mass is 432 g/mol. The molecule has 0 radical (unpaired) electrons. The number of aryl methyl sites for hydroxylation is 1. The Morgan fingerprint density at radius 3 is 2.53 bits per heavy atom. The summed E-state index contributed by atoms with van der Waals surface area (Å²) >= 11 is 0.